The molecule has 14 nitrogen and oxygen atoms in total. The summed E-state index contributed by atoms with van der Waals surface area (Å²) in [4.78, 5) is 11.8. The van der Waals surface area contributed by atoms with Crippen molar-refractivity contribution in [2.75, 3.05) is 39.6 Å². The van der Waals surface area contributed by atoms with E-state index in [2.05, 4.69) is 5.32 Å². The van der Waals surface area contributed by atoms with E-state index in [0.29, 0.717) is 13.2 Å². The molecule has 0 aliphatic carbocycles. The largest absolute Gasteiger partial charge is 0.396 e. The Kier molecular flexibility index (Phi) is 23.3. The van der Waals surface area contributed by atoms with Gasteiger partial charge in [0, 0.05) is 20.1 Å². The van der Waals surface area contributed by atoms with E-state index in [4.69, 9.17) is 28.8 Å². The second-order valence-electron chi connectivity index (χ2n) is 13.2. The summed E-state index contributed by atoms with van der Waals surface area (Å²) in [5, 5.41) is 71.9. The molecule has 0 bridgehead atoms. The summed E-state index contributed by atoms with van der Waals surface area (Å²) in [7, 11) is 0. The molecule has 284 valence electrons. The van der Waals surface area contributed by atoms with Gasteiger partial charge in [-0.2, -0.15) is 0 Å². The number of unbranched alkanes of at least 4 members (excludes halogenated alkanes) is 15. The van der Waals surface area contributed by atoms with Crippen molar-refractivity contribution in [1.29, 1.82) is 0 Å². The van der Waals surface area contributed by atoms with Crippen molar-refractivity contribution in [3.63, 3.8) is 0 Å². The Hall–Kier alpha value is -1.01. The van der Waals surface area contributed by atoms with Crippen LogP contribution >= 0.6 is 0 Å². The smallest absolute Gasteiger partial charge is 0.217 e. The van der Waals surface area contributed by atoms with Crippen LogP contribution in [0.25, 0.3) is 0 Å². The van der Waals surface area contributed by atoms with Gasteiger partial charge in [-0.15, -0.1) is 0 Å². The zero-order chi connectivity index (χ0) is 35.1. The van der Waals surface area contributed by atoms with E-state index >= 15 is 0 Å². The standard InChI is InChI=1S/C34H65NO13/c1-24(38)35-28-31(42)30(41)27(20-37)48-33(28)47-25(22-45-34-32(43)29(40)26(39)23-46-34)21-44-19-17-15-13-11-9-7-5-3-2-4-6-8-10-12-14-16-18-36/h25-34,36-37,39-43H,2-23H2,1H3,(H,35,38)/t25-,26-,27+,28+,29+,30+,31+,32-,33+,34-/m1/s1. The van der Waals surface area contributed by atoms with Crippen molar-refractivity contribution in [1.82, 2.24) is 5.32 Å². The van der Waals surface area contributed by atoms with Crippen LogP contribution in [0.4, 0.5) is 0 Å². The molecule has 0 aromatic rings. The summed E-state index contributed by atoms with van der Waals surface area (Å²) in [6.07, 6.45) is 7.35. The lowest BCUT2D eigenvalue weighted by Crippen LogP contribution is -2.65. The van der Waals surface area contributed by atoms with Gasteiger partial charge in [0.25, 0.3) is 0 Å². The van der Waals surface area contributed by atoms with Gasteiger partial charge in [0.2, 0.25) is 5.91 Å². The molecule has 1 amide bonds. The van der Waals surface area contributed by atoms with Crippen LogP contribution in [0.2, 0.25) is 0 Å². The lowest BCUT2D eigenvalue weighted by molar-refractivity contribution is -0.304. The first kappa shape index (κ1) is 43.2. The van der Waals surface area contributed by atoms with E-state index in [1.165, 1.54) is 77.6 Å². The van der Waals surface area contributed by atoms with Gasteiger partial charge in [-0.1, -0.05) is 89.9 Å². The first-order chi connectivity index (χ1) is 23.2. The lowest BCUT2D eigenvalue weighted by Gasteiger charge is -2.43. The predicted octanol–water partition coefficient (Wildman–Crippen LogP) is 1.02. The van der Waals surface area contributed by atoms with Gasteiger partial charge in [0.15, 0.2) is 12.6 Å². The van der Waals surface area contributed by atoms with E-state index in [9.17, 15) is 35.4 Å². The van der Waals surface area contributed by atoms with Crippen LogP contribution in [-0.2, 0) is 28.5 Å². The average Bonchev–Trinajstić information content (AvgIpc) is 3.07. The molecule has 0 aromatic carbocycles. The molecular weight excluding hydrogens is 630 g/mol. The number of rotatable bonds is 27. The van der Waals surface area contributed by atoms with Crippen LogP contribution in [0.15, 0.2) is 0 Å². The SMILES string of the molecule is CC(=O)N[C@@H]1[C@@H](O[C@H](COCCCCCCCCCCCCCCCCCCO)CO[C@@H]2OC[C@@H](O)[C@H](O)[C@H]2O)O[C@@H](CO)[C@H](O)[C@H]1O. The minimum absolute atomic E-state index is 0.0206. The van der Waals surface area contributed by atoms with E-state index in [1.54, 1.807) is 0 Å². The molecule has 0 unspecified atom stereocenters. The lowest BCUT2D eigenvalue weighted by atomic mass is 9.97. The van der Waals surface area contributed by atoms with Gasteiger partial charge in [-0.25, -0.2) is 0 Å². The van der Waals surface area contributed by atoms with Crippen LogP contribution in [0, 0.1) is 0 Å². The molecule has 2 saturated heterocycles. The number of ether oxygens (including phenoxy) is 5. The summed E-state index contributed by atoms with van der Waals surface area (Å²) in [5.74, 6) is -0.492. The van der Waals surface area contributed by atoms with E-state index in [1.807, 2.05) is 0 Å². The molecule has 10 atom stereocenters. The number of hydrogen-bond acceptors (Lipinski definition) is 13. The van der Waals surface area contributed by atoms with E-state index in [0.717, 1.165) is 32.1 Å². The fraction of sp³-hybridized carbons (Fsp3) is 0.971. The van der Waals surface area contributed by atoms with Gasteiger partial charge in [0.05, 0.1) is 26.4 Å². The molecule has 0 saturated carbocycles. The number of nitrogens with one attached hydrogen (secondary N) is 1. The van der Waals surface area contributed by atoms with Gasteiger partial charge < -0.3 is 64.7 Å². The molecule has 0 aromatic heterocycles. The second-order valence-corrected chi connectivity index (χ2v) is 13.2. The molecular formula is C34H65NO13. The van der Waals surface area contributed by atoms with Crippen molar-refractivity contribution in [3.8, 4) is 0 Å². The first-order valence-corrected chi connectivity index (χ1v) is 18.2. The summed E-state index contributed by atoms with van der Waals surface area (Å²) in [6.45, 7) is 0.988. The zero-order valence-electron chi connectivity index (χ0n) is 28.9. The van der Waals surface area contributed by atoms with Crippen LogP contribution in [-0.4, -0.2) is 143 Å². The molecule has 2 aliphatic heterocycles. The number of hydrogen-bond donors (Lipinski definition) is 8. The molecule has 2 fully saturated rings. The molecule has 2 aliphatic rings. The van der Waals surface area contributed by atoms with Crippen molar-refractivity contribution in [2.24, 2.45) is 0 Å². The van der Waals surface area contributed by atoms with E-state index < -0.39 is 73.9 Å². The monoisotopic (exact) mass is 695 g/mol. The number of aliphatic hydroxyl groups excluding tert-OH is 7. The van der Waals surface area contributed by atoms with Crippen LogP contribution in [0.3, 0.4) is 0 Å². The molecule has 0 spiro atoms. The van der Waals surface area contributed by atoms with Crippen molar-refractivity contribution in [2.45, 2.75) is 171 Å². The normalized spacial score (nSPS) is 30.0. The Bertz CT molecular complexity index is 811. The van der Waals surface area contributed by atoms with Crippen molar-refractivity contribution < 1.29 is 64.2 Å². The third-order valence-corrected chi connectivity index (χ3v) is 8.98. The zero-order valence-corrected chi connectivity index (χ0v) is 28.9. The molecule has 2 rings (SSSR count). The maximum atomic E-state index is 11.8. The molecule has 2 heterocycles. The summed E-state index contributed by atoms with van der Waals surface area (Å²) >= 11 is 0. The molecule has 0 radical (unpaired) electrons. The van der Waals surface area contributed by atoms with Gasteiger partial charge in [0.1, 0.15) is 48.8 Å². The fourth-order valence-corrected chi connectivity index (χ4v) is 6.04. The summed E-state index contributed by atoms with van der Waals surface area (Å²) < 4.78 is 28.6. The Morgan fingerprint density at radius 2 is 1.25 bits per heavy atom. The highest BCUT2D eigenvalue weighted by Crippen LogP contribution is 2.24. The average molecular weight is 696 g/mol. The number of aliphatic hydroxyl groups is 7. The summed E-state index contributed by atoms with van der Waals surface area (Å²) in [6, 6.07) is -1.16. The predicted molar refractivity (Wildman–Crippen MR) is 176 cm³/mol. The second kappa shape index (κ2) is 25.9. The number of carbonyl (C=O) groups excluding carboxylic acids is 1. The van der Waals surface area contributed by atoms with Gasteiger partial charge >= 0.3 is 0 Å². The first-order valence-electron chi connectivity index (χ1n) is 18.2. The van der Waals surface area contributed by atoms with Crippen molar-refractivity contribution in [3.05, 3.63) is 0 Å². The topological polar surface area (TPSA) is 217 Å². The number of carbonyl (C=O) groups is 1. The molecule has 8 N–H and O–H groups in total. The van der Waals surface area contributed by atoms with E-state index in [-0.39, 0.29) is 19.8 Å². The third kappa shape index (κ3) is 16.8. The van der Waals surface area contributed by atoms with Crippen molar-refractivity contribution >= 4 is 5.91 Å². The van der Waals surface area contributed by atoms with Crippen LogP contribution < -0.4 is 5.32 Å². The minimum Gasteiger partial charge on any atom is -0.396 e. The Morgan fingerprint density at radius 1 is 0.708 bits per heavy atom. The maximum Gasteiger partial charge on any atom is 0.217 e. The Balaban J connectivity index is 1.70. The number of amides is 1. The minimum atomic E-state index is -1.51. The highest BCUT2D eigenvalue weighted by atomic mass is 16.7. The maximum absolute atomic E-state index is 11.8. The highest BCUT2D eigenvalue weighted by molar-refractivity contribution is 5.73. The van der Waals surface area contributed by atoms with Gasteiger partial charge in [-0.3, -0.25) is 4.79 Å². The fourth-order valence-electron chi connectivity index (χ4n) is 6.04. The van der Waals surface area contributed by atoms with Crippen LogP contribution in [0.1, 0.15) is 110 Å². The Morgan fingerprint density at radius 3 is 1.77 bits per heavy atom. The van der Waals surface area contributed by atoms with Gasteiger partial charge in [-0.05, 0) is 12.8 Å². The summed E-state index contributed by atoms with van der Waals surface area (Å²) in [5.41, 5.74) is 0. The quantitative estimate of drug-likeness (QED) is 0.0564. The Labute approximate surface area is 286 Å². The molecule has 14 heteroatoms. The third-order valence-electron chi connectivity index (χ3n) is 8.98. The van der Waals surface area contributed by atoms with Crippen LogP contribution in [0.5, 0.6) is 0 Å². The highest BCUT2D eigenvalue weighted by Gasteiger charge is 2.46. The molecule has 48 heavy (non-hydrogen) atoms.